The van der Waals surface area contributed by atoms with Crippen molar-refractivity contribution in [1.82, 2.24) is 20.1 Å². The van der Waals surface area contributed by atoms with Gasteiger partial charge in [0.25, 0.3) is 5.91 Å². The number of aryl methyl sites for hydroxylation is 3. The van der Waals surface area contributed by atoms with E-state index in [0.29, 0.717) is 6.54 Å². The number of carbonyl (C=O) groups is 1. The summed E-state index contributed by atoms with van der Waals surface area (Å²) < 4.78 is 0. The van der Waals surface area contributed by atoms with Crippen molar-refractivity contribution in [2.24, 2.45) is 0 Å². The highest BCUT2D eigenvalue weighted by atomic mass is 16.2. The molecule has 2 heterocycles. The zero-order chi connectivity index (χ0) is 17.3. The van der Waals surface area contributed by atoms with Gasteiger partial charge in [-0.1, -0.05) is 11.6 Å². The number of benzene rings is 1. The molecule has 0 saturated heterocycles. The van der Waals surface area contributed by atoms with Gasteiger partial charge in [-0.3, -0.25) is 14.9 Å². The average molecular weight is 322 g/mol. The molecule has 0 radical (unpaired) electrons. The zero-order valence-electron chi connectivity index (χ0n) is 14.6. The molecule has 0 unspecified atom stereocenters. The first-order valence-corrected chi connectivity index (χ1v) is 8.07. The number of rotatable bonds is 4. The smallest absolute Gasteiger partial charge is 0.254 e. The first kappa shape index (κ1) is 16.2. The molecule has 0 aliphatic heterocycles. The third-order valence-corrected chi connectivity index (χ3v) is 4.24. The van der Waals surface area contributed by atoms with Crippen LogP contribution in [0.25, 0.3) is 10.9 Å². The lowest BCUT2D eigenvalue weighted by Crippen LogP contribution is -2.29. The van der Waals surface area contributed by atoms with Gasteiger partial charge in [0.2, 0.25) is 0 Å². The number of aromatic amines is 1. The number of likely N-dealkylation sites (N-methyl/N-ethyl adjacent to an activating group) is 1. The van der Waals surface area contributed by atoms with Crippen molar-refractivity contribution in [2.45, 2.75) is 27.2 Å². The van der Waals surface area contributed by atoms with Crippen LogP contribution in [-0.2, 0) is 6.42 Å². The Labute approximate surface area is 141 Å². The number of nitrogens with zero attached hydrogens (tertiary/aromatic N) is 3. The molecule has 0 bridgehead atoms. The molecule has 24 heavy (non-hydrogen) atoms. The lowest BCUT2D eigenvalue weighted by atomic mass is 10.0. The Morgan fingerprint density at radius 1 is 1.21 bits per heavy atom. The second-order valence-corrected chi connectivity index (χ2v) is 6.37. The van der Waals surface area contributed by atoms with Gasteiger partial charge in [-0.15, -0.1) is 0 Å². The quantitative estimate of drug-likeness (QED) is 0.802. The van der Waals surface area contributed by atoms with Crippen molar-refractivity contribution in [3.63, 3.8) is 0 Å². The van der Waals surface area contributed by atoms with E-state index < -0.39 is 0 Å². The highest BCUT2D eigenvalue weighted by Crippen LogP contribution is 2.24. The average Bonchev–Trinajstić information content (AvgIpc) is 3.05. The number of carbonyl (C=O) groups excluding carboxylic acids is 1. The maximum Gasteiger partial charge on any atom is 0.254 e. The first-order chi connectivity index (χ1) is 11.5. The van der Waals surface area contributed by atoms with Crippen molar-refractivity contribution in [2.75, 3.05) is 13.6 Å². The number of pyridine rings is 1. The normalized spacial score (nSPS) is 11.0. The van der Waals surface area contributed by atoms with Crippen LogP contribution in [0.4, 0.5) is 0 Å². The number of aromatic nitrogens is 3. The minimum atomic E-state index is 0.0268. The third-order valence-electron chi connectivity index (χ3n) is 4.24. The Balaban J connectivity index is 1.94. The van der Waals surface area contributed by atoms with Crippen LogP contribution in [0.3, 0.4) is 0 Å². The maximum atomic E-state index is 13.0. The molecule has 5 nitrogen and oxygen atoms in total. The zero-order valence-corrected chi connectivity index (χ0v) is 14.6. The maximum absolute atomic E-state index is 13.0. The van der Waals surface area contributed by atoms with E-state index >= 15 is 0 Å². The molecule has 1 aromatic carbocycles. The molecule has 0 aliphatic rings. The van der Waals surface area contributed by atoms with Gasteiger partial charge >= 0.3 is 0 Å². The molecule has 5 heteroatoms. The van der Waals surface area contributed by atoms with Crippen molar-refractivity contribution in [3.05, 3.63) is 58.5 Å². The molecule has 0 fully saturated rings. The Kier molecular flexibility index (Phi) is 4.34. The van der Waals surface area contributed by atoms with Gasteiger partial charge in [-0.05, 0) is 50.5 Å². The minimum Gasteiger partial charge on any atom is -0.341 e. The van der Waals surface area contributed by atoms with Gasteiger partial charge in [0.1, 0.15) is 0 Å². The summed E-state index contributed by atoms with van der Waals surface area (Å²) in [6.07, 6.45) is 4.42. The topological polar surface area (TPSA) is 61.9 Å². The number of H-pyrrole nitrogens is 1. The van der Waals surface area contributed by atoms with E-state index in [1.165, 1.54) is 0 Å². The summed E-state index contributed by atoms with van der Waals surface area (Å²) in [6, 6.07) is 6.04. The Morgan fingerprint density at radius 3 is 2.71 bits per heavy atom. The van der Waals surface area contributed by atoms with E-state index in [1.807, 2.05) is 46.1 Å². The first-order valence-electron chi connectivity index (χ1n) is 8.07. The molecular weight excluding hydrogens is 300 g/mol. The van der Waals surface area contributed by atoms with E-state index in [9.17, 15) is 4.79 Å². The van der Waals surface area contributed by atoms with Gasteiger partial charge in [0, 0.05) is 30.9 Å². The van der Waals surface area contributed by atoms with E-state index in [4.69, 9.17) is 0 Å². The van der Waals surface area contributed by atoms with Crippen LogP contribution in [0.15, 0.2) is 30.6 Å². The van der Waals surface area contributed by atoms with Gasteiger partial charge in [0.05, 0.1) is 17.3 Å². The van der Waals surface area contributed by atoms with Gasteiger partial charge in [0.15, 0.2) is 0 Å². The number of nitrogens with one attached hydrogen (secondary N) is 1. The number of amides is 1. The molecule has 3 rings (SSSR count). The predicted octanol–water partition coefficient (Wildman–Crippen LogP) is 3.20. The van der Waals surface area contributed by atoms with Crippen LogP contribution in [-0.4, -0.2) is 39.6 Å². The Hall–Kier alpha value is -2.69. The van der Waals surface area contributed by atoms with Gasteiger partial charge in [-0.2, -0.15) is 5.10 Å². The number of hydrogen-bond acceptors (Lipinski definition) is 3. The van der Waals surface area contributed by atoms with Crippen LogP contribution >= 0.6 is 0 Å². The van der Waals surface area contributed by atoms with Crippen LogP contribution in [0, 0.1) is 20.8 Å². The highest BCUT2D eigenvalue weighted by molar-refractivity contribution is 6.06. The summed E-state index contributed by atoms with van der Waals surface area (Å²) in [5.41, 5.74) is 5.83. The van der Waals surface area contributed by atoms with Crippen molar-refractivity contribution in [1.29, 1.82) is 0 Å². The largest absolute Gasteiger partial charge is 0.341 e. The fourth-order valence-corrected chi connectivity index (χ4v) is 3.00. The second kappa shape index (κ2) is 6.43. The molecule has 0 aliphatic carbocycles. The van der Waals surface area contributed by atoms with Gasteiger partial charge in [-0.25, -0.2) is 0 Å². The molecule has 3 aromatic rings. The van der Waals surface area contributed by atoms with Crippen LogP contribution < -0.4 is 0 Å². The van der Waals surface area contributed by atoms with Gasteiger partial charge < -0.3 is 4.90 Å². The number of hydrogen-bond donors (Lipinski definition) is 1. The van der Waals surface area contributed by atoms with E-state index in [1.54, 1.807) is 11.1 Å². The summed E-state index contributed by atoms with van der Waals surface area (Å²) in [5.74, 6) is 0.0268. The summed E-state index contributed by atoms with van der Waals surface area (Å²) in [6.45, 7) is 6.66. The monoisotopic (exact) mass is 322 g/mol. The molecule has 1 N–H and O–H groups in total. The summed E-state index contributed by atoms with van der Waals surface area (Å²) in [5, 5.41) is 7.66. The molecule has 0 saturated carbocycles. The molecule has 0 atom stereocenters. The van der Waals surface area contributed by atoms with E-state index in [2.05, 4.69) is 21.2 Å². The molecular formula is C19H22N4O. The van der Waals surface area contributed by atoms with E-state index in [-0.39, 0.29) is 5.91 Å². The summed E-state index contributed by atoms with van der Waals surface area (Å²) in [4.78, 5) is 19.4. The highest BCUT2D eigenvalue weighted by Gasteiger charge is 2.17. The van der Waals surface area contributed by atoms with Crippen molar-refractivity contribution in [3.8, 4) is 0 Å². The van der Waals surface area contributed by atoms with Crippen LogP contribution in [0.5, 0.6) is 0 Å². The second-order valence-electron chi connectivity index (χ2n) is 6.37. The summed E-state index contributed by atoms with van der Waals surface area (Å²) in [7, 11) is 1.84. The molecule has 0 spiro atoms. The lowest BCUT2D eigenvalue weighted by Gasteiger charge is -2.19. The molecule has 2 aromatic heterocycles. The lowest BCUT2D eigenvalue weighted by molar-refractivity contribution is 0.0798. The van der Waals surface area contributed by atoms with Crippen molar-refractivity contribution >= 4 is 16.8 Å². The SMILES string of the molecule is Cc1cc(C)c2nc(C)cc(C(=O)N(C)CCc3cn[nH]c3)c2c1. The molecule has 124 valence electrons. The number of fused-ring (bicyclic) bond motifs is 1. The van der Waals surface area contributed by atoms with Crippen molar-refractivity contribution < 1.29 is 4.79 Å². The Morgan fingerprint density at radius 2 is 2.00 bits per heavy atom. The van der Waals surface area contributed by atoms with E-state index in [0.717, 1.165) is 45.3 Å². The fraction of sp³-hybridized carbons (Fsp3) is 0.316. The van der Waals surface area contributed by atoms with Crippen LogP contribution in [0.1, 0.15) is 32.7 Å². The fourth-order valence-electron chi connectivity index (χ4n) is 3.00. The summed E-state index contributed by atoms with van der Waals surface area (Å²) >= 11 is 0. The third kappa shape index (κ3) is 3.15. The minimum absolute atomic E-state index is 0.0268. The Bertz CT molecular complexity index is 884. The molecule has 1 amide bonds. The van der Waals surface area contributed by atoms with Crippen LogP contribution in [0.2, 0.25) is 0 Å². The standard InChI is InChI=1S/C19H22N4O/c1-12-7-13(2)18-16(8-12)17(9-14(3)22-18)19(24)23(4)6-5-15-10-20-21-11-15/h7-11H,5-6H2,1-4H3,(H,20,21). The predicted molar refractivity (Wildman–Crippen MR) is 95.2 cm³/mol.